The molecule has 4 nitrogen and oxygen atoms in total. The van der Waals surface area contributed by atoms with Gasteiger partial charge in [0, 0.05) is 25.4 Å². The number of nitrogens with one attached hydrogen (secondary N) is 1. The summed E-state index contributed by atoms with van der Waals surface area (Å²) in [7, 11) is 0. The summed E-state index contributed by atoms with van der Waals surface area (Å²) in [6, 6.07) is 10.1. The van der Waals surface area contributed by atoms with Crippen LogP contribution in [0.3, 0.4) is 0 Å². The summed E-state index contributed by atoms with van der Waals surface area (Å²) in [5.41, 5.74) is 0.700. The predicted octanol–water partition coefficient (Wildman–Crippen LogP) is 2.98. The molecule has 0 spiro atoms. The van der Waals surface area contributed by atoms with Crippen molar-refractivity contribution in [2.24, 2.45) is 0 Å². The maximum atomic E-state index is 13.7. The Labute approximate surface area is 133 Å². The Hall–Kier alpha value is -1.69. The number of hydrogen-bond acceptors (Lipinski definition) is 4. The summed E-state index contributed by atoms with van der Waals surface area (Å²) in [6.07, 6.45) is 0.971. The molecule has 0 bridgehead atoms. The molecule has 1 aromatic heterocycles. The van der Waals surface area contributed by atoms with E-state index in [-0.39, 0.29) is 17.2 Å². The third-order valence-electron chi connectivity index (χ3n) is 3.44. The molecular formula is C16H16ClFN2O2. The van der Waals surface area contributed by atoms with Crippen LogP contribution in [0.5, 0.6) is 5.88 Å². The van der Waals surface area contributed by atoms with Crippen LogP contribution in [0, 0.1) is 5.82 Å². The third-order valence-corrected chi connectivity index (χ3v) is 3.75. The van der Waals surface area contributed by atoms with Crippen LogP contribution in [-0.2, 0) is 4.74 Å². The Morgan fingerprint density at radius 1 is 1.32 bits per heavy atom. The van der Waals surface area contributed by atoms with E-state index < -0.39 is 5.82 Å². The zero-order chi connectivity index (χ0) is 15.4. The Morgan fingerprint density at radius 3 is 3.00 bits per heavy atom. The Morgan fingerprint density at radius 2 is 2.23 bits per heavy atom. The van der Waals surface area contributed by atoms with E-state index in [1.165, 1.54) is 12.1 Å². The van der Waals surface area contributed by atoms with Crippen molar-refractivity contribution < 1.29 is 13.9 Å². The Kier molecular flexibility index (Phi) is 4.87. The van der Waals surface area contributed by atoms with E-state index in [1.54, 1.807) is 18.3 Å². The summed E-state index contributed by atoms with van der Waals surface area (Å²) in [5.74, 6) is 0.0517. The molecule has 3 rings (SSSR count). The van der Waals surface area contributed by atoms with Gasteiger partial charge < -0.3 is 14.8 Å². The van der Waals surface area contributed by atoms with E-state index in [2.05, 4.69) is 10.3 Å². The Balaban J connectivity index is 1.85. The van der Waals surface area contributed by atoms with Crippen LogP contribution < -0.4 is 10.1 Å². The average molecular weight is 323 g/mol. The molecule has 1 aliphatic heterocycles. The number of rotatable bonds is 3. The summed E-state index contributed by atoms with van der Waals surface area (Å²) in [6.45, 7) is 1.83. The fourth-order valence-electron chi connectivity index (χ4n) is 2.39. The highest BCUT2D eigenvalue weighted by Crippen LogP contribution is 2.28. The minimum absolute atomic E-state index is 0.0951. The van der Waals surface area contributed by atoms with Gasteiger partial charge in [0.2, 0.25) is 5.88 Å². The highest BCUT2D eigenvalue weighted by atomic mass is 35.5. The first-order chi connectivity index (χ1) is 10.7. The van der Waals surface area contributed by atoms with Crippen LogP contribution in [0.15, 0.2) is 42.6 Å². The fraction of sp³-hybridized carbons (Fsp3) is 0.312. The van der Waals surface area contributed by atoms with Crippen molar-refractivity contribution in [1.29, 1.82) is 0 Å². The monoisotopic (exact) mass is 322 g/mol. The van der Waals surface area contributed by atoms with Crippen LogP contribution in [0.1, 0.15) is 11.7 Å². The first-order valence-electron chi connectivity index (χ1n) is 7.09. The second-order valence-electron chi connectivity index (χ2n) is 4.99. The predicted molar refractivity (Wildman–Crippen MR) is 81.6 cm³/mol. The largest absolute Gasteiger partial charge is 0.470 e. The maximum Gasteiger partial charge on any atom is 0.213 e. The van der Waals surface area contributed by atoms with E-state index in [0.717, 1.165) is 0 Å². The molecule has 1 aromatic carbocycles. The van der Waals surface area contributed by atoms with Gasteiger partial charge in [-0.15, -0.1) is 0 Å². The first kappa shape index (κ1) is 15.2. The van der Waals surface area contributed by atoms with Gasteiger partial charge in [0.15, 0.2) is 0 Å². The van der Waals surface area contributed by atoms with Gasteiger partial charge in [-0.2, -0.15) is 0 Å². The highest BCUT2D eigenvalue weighted by Gasteiger charge is 2.28. The zero-order valence-corrected chi connectivity index (χ0v) is 12.6. The SMILES string of the molecule is Fc1cc([C@H]2OCCNC[C@@H]2Oc2ccccn2)ccc1Cl. The second-order valence-corrected chi connectivity index (χ2v) is 5.40. The van der Waals surface area contributed by atoms with Crippen LogP contribution >= 0.6 is 11.6 Å². The van der Waals surface area contributed by atoms with Crippen molar-refractivity contribution in [3.05, 3.63) is 59.0 Å². The maximum absolute atomic E-state index is 13.7. The number of hydrogen-bond donors (Lipinski definition) is 1. The van der Waals surface area contributed by atoms with Crippen LogP contribution in [-0.4, -0.2) is 30.8 Å². The minimum Gasteiger partial charge on any atom is -0.470 e. The van der Waals surface area contributed by atoms with Gasteiger partial charge in [-0.05, 0) is 23.8 Å². The van der Waals surface area contributed by atoms with Crippen molar-refractivity contribution in [1.82, 2.24) is 10.3 Å². The lowest BCUT2D eigenvalue weighted by Crippen LogP contribution is -2.34. The van der Waals surface area contributed by atoms with Crippen molar-refractivity contribution >= 4 is 11.6 Å². The molecule has 0 amide bonds. The van der Waals surface area contributed by atoms with E-state index in [9.17, 15) is 4.39 Å². The van der Waals surface area contributed by atoms with Crippen molar-refractivity contribution in [3.63, 3.8) is 0 Å². The molecular weight excluding hydrogens is 307 g/mol. The standard InChI is InChI=1S/C16H16ClFN2O2/c17-12-5-4-11(9-13(12)18)16-14(10-19-7-8-21-16)22-15-3-1-2-6-20-15/h1-6,9,14,16,19H,7-8,10H2/t14-,16+/m0/s1. The summed E-state index contributed by atoms with van der Waals surface area (Å²) >= 11 is 5.75. The number of aromatic nitrogens is 1. The van der Waals surface area contributed by atoms with Crippen LogP contribution in [0.25, 0.3) is 0 Å². The topological polar surface area (TPSA) is 43.4 Å². The van der Waals surface area contributed by atoms with Gasteiger partial charge in [0.1, 0.15) is 18.0 Å². The molecule has 1 saturated heterocycles. The molecule has 2 heterocycles. The van der Waals surface area contributed by atoms with E-state index in [4.69, 9.17) is 21.1 Å². The molecule has 2 atom stereocenters. The molecule has 0 unspecified atom stereocenters. The van der Waals surface area contributed by atoms with Crippen LogP contribution in [0.4, 0.5) is 4.39 Å². The summed E-state index contributed by atoms with van der Waals surface area (Å²) in [5, 5.41) is 3.34. The normalized spacial score (nSPS) is 22.1. The van der Waals surface area contributed by atoms with E-state index in [0.29, 0.717) is 31.1 Å². The molecule has 116 valence electrons. The number of ether oxygens (including phenoxy) is 2. The van der Waals surface area contributed by atoms with Gasteiger partial charge in [-0.3, -0.25) is 0 Å². The molecule has 1 fully saturated rings. The minimum atomic E-state index is -0.462. The highest BCUT2D eigenvalue weighted by molar-refractivity contribution is 6.30. The van der Waals surface area contributed by atoms with Gasteiger partial charge in [-0.25, -0.2) is 9.37 Å². The first-order valence-corrected chi connectivity index (χ1v) is 7.47. The van der Waals surface area contributed by atoms with Gasteiger partial charge >= 0.3 is 0 Å². The molecule has 0 aliphatic carbocycles. The Bertz CT molecular complexity index is 627. The lowest BCUT2D eigenvalue weighted by molar-refractivity contribution is -0.0102. The lowest BCUT2D eigenvalue weighted by Gasteiger charge is -2.25. The van der Waals surface area contributed by atoms with Gasteiger partial charge in [-0.1, -0.05) is 23.7 Å². The molecule has 2 aromatic rings. The molecule has 0 saturated carbocycles. The number of halogens is 2. The van der Waals surface area contributed by atoms with Gasteiger partial charge in [0.25, 0.3) is 0 Å². The zero-order valence-electron chi connectivity index (χ0n) is 11.8. The lowest BCUT2D eigenvalue weighted by atomic mass is 10.0. The third kappa shape index (κ3) is 3.55. The second kappa shape index (κ2) is 7.05. The van der Waals surface area contributed by atoms with Crippen molar-refractivity contribution in [2.75, 3.05) is 19.7 Å². The smallest absolute Gasteiger partial charge is 0.213 e. The molecule has 0 radical (unpaired) electrons. The van der Waals surface area contributed by atoms with Crippen LogP contribution in [0.2, 0.25) is 5.02 Å². The number of nitrogens with zero attached hydrogens (tertiary/aromatic N) is 1. The summed E-state index contributed by atoms with van der Waals surface area (Å²) < 4.78 is 25.5. The number of benzene rings is 1. The van der Waals surface area contributed by atoms with E-state index >= 15 is 0 Å². The molecule has 1 N–H and O–H groups in total. The van der Waals surface area contributed by atoms with E-state index in [1.807, 2.05) is 12.1 Å². The summed E-state index contributed by atoms with van der Waals surface area (Å²) in [4.78, 5) is 4.16. The quantitative estimate of drug-likeness (QED) is 0.943. The molecule has 6 heteroatoms. The van der Waals surface area contributed by atoms with Crippen molar-refractivity contribution in [3.8, 4) is 5.88 Å². The van der Waals surface area contributed by atoms with Gasteiger partial charge in [0.05, 0.1) is 11.6 Å². The molecule has 1 aliphatic rings. The van der Waals surface area contributed by atoms with Crippen molar-refractivity contribution in [2.45, 2.75) is 12.2 Å². The number of pyridine rings is 1. The average Bonchev–Trinajstić information content (AvgIpc) is 2.77. The fourth-order valence-corrected chi connectivity index (χ4v) is 2.51. The molecule has 22 heavy (non-hydrogen) atoms.